The topological polar surface area (TPSA) is 91.0 Å². The Morgan fingerprint density at radius 2 is 2.00 bits per heavy atom. The molecule has 14 heavy (non-hydrogen) atoms. The van der Waals surface area contributed by atoms with Crippen LogP contribution in [0.25, 0.3) is 0 Å². The van der Waals surface area contributed by atoms with Crippen molar-refractivity contribution < 1.29 is 4.79 Å². The van der Waals surface area contributed by atoms with Gasteiger partial charge in [-0.3, -0.25) is 10.2 Å². The summed E-state index contributed by atoms with van der Waals surface area (Å²) in [5.74, 6) is -0.445. The van der Waals surface area contributed by atoms with E-state index < -0.39 is 0 Å². The second-order valence-electron chi connectivity index (χ2n) is 2.68. The monoisotopic (exact) mass is 192 g/mol. The van der Waals surface area contributed by atoms with Crippen LogP contribution in [0.5, 0.6) is 0 Å². The van der Waals surface area contributed by atoms with E-state index in [2.05, 4.69) is 10.6 Å². The first-order chi connectivity index (χ1) is 6.68. The molecule has 0 atom stereocenters. The number of guanidine groups is 1. The molecule has 0 aliphatic rings. The number of para-hydroxylation sites is 1. The molecule has 5 N–H and O–H groups in total. The normalized spacial score (nSPS) is 9.14. The average molecular weight is 192 g/mol. The van der Waals surface area contributed by atoms with Gasteiger partial charge in [-0.05, 0) is 12.1 Å². The zero-order valence-corrected chi connectivity index (χ0v) is 7.58. The number of benzene rings is 1. The molecule has 0 spiro atoms. The molecule has 1 amide bonds. The van der Waals surface area contributed by atoms with Crippen molar-refractivity contribution in [1.82, 2.24) is 5.32 Å². The van der Waals surface area contributed by atoms with Gasteiger partial charge >= 0.3 is 0 Å². The van der Waals surface area contributed by atoms with Crippen LogP contribution in [0.2, 0.25) is 0 Å². The second-order valence-corrected chi connectivity index (χ2v) is 2.68. The van der Waals surface area contributed by atoms with E-state index in [-0.39, 0.29) is 18.4 Å². The molecule has 0 aromatic heterocycles. The lowest BCUT2D eigenvalue weighted by molar-refractivity contribution is -0.115. The van der Waals surface area contributed by atoms with Crippen LogP contribution in [0.4, 0.5) is 5.69 Å². The zero-order valence-electron chi connectivity index (χ0n) is 7.58. The molecule has 0 unspecified atom stereocenters. The van der Waals surface area contributed by atoms with Crippen molar-refractivity contribution in [1.29, 1.82) is 5.41 Å². The third-order valence-corrected chi connectivity index (χ3v) is 1.50. The fourth-order valence-corrected chi connectivity index (χ4v) is 0.902. The Labute approximate surface area is 81.8 Å². The maximum atomic E-state index is 11.2. The molecular weight excluding hydrogens is 180 g/mol. The van der Waals surface area contributed by atoms with E-state index >= 15 is 0 Å². The lowest BCUT2D eigenvalue weighted by atomic mass is 10.3. The Morgan fingerprint density at radius 1 is 1.36 bits per heavy atom. The zero-order chi connectivity index (χ0) is 10.4. The molecule has 1 aromatic carbocycles. The van der Waals surface area contributed by atoms with Gasteiger partial charge in [-0.2, -0.15) is 0 Å². The summed E-state index contributed by atoms with van der Waals surface area (Å²) in [6.07, 6.45) is 0. The molecule has 74 valence electrons. The van der Waals surface area contributed by atoms with Crippen LogP contribution in [0.1, 0.15) is 0 Å². The first-order valence-corrected chi connectivity index (χ1v) is 4.11. The van der Waals surface area contributed by atoms with Crippen molar-refractivity contribution in [2.75, 3.05) is 11.9 Å². The molecule has 0 heterocycles. The van der Waals surface area contributed by atoms with Gasteiger partial charge in [-0.1, -0.05) is 18.2 Å². The van der Waals surface area contributed by atoms with Gasteiger partial charge in [0.1, 0.15) is 0 Å². The highest BCUT2D eigenvalue weighted by molar-refractivity contribution is 5.94. The summed E-state index contributed by atoms with van der Waals surface area (Å²) in [5, 5.41) is 11.9. The van der Waals surface area contributed by atoms with E-state index in [9.17, 15) is 4.79 Å². The van der Waals surface area contributed by atoms with Crippen molar-refractivity contribution in [3.05, 3.63) is 30.3 Å². The van der Waals surface area contributed by atoms with Crippen molar-refractivity contribution in [3.8, 4) is 0 Å². The molecule has 1 rings (SSSR count). The maximum Gasteiger partial charge on any atom is 0.243 e. The molecule has 0 aliphatic heterocycles. The third kappa shape index (κ3) is 3.57. The Kier molecular flexibility index (Phi) is 3.49. The summed E-state index contributed by atoms with van der Waals surface area (Å²) in [6, 6.07) is 9.09. The van der Waals surface area contributed by atoms with E-state index in [1.165, 1.54) is 0 Å². The molecule has 1 aromatic rings. The van der Waals surface area contributed by atoms with E-state index in [0.29, 0.717) is 0 Å². The van der Waals surface area contributed by atoms with Crippen LogP contribution in [-0.2, 0) is 4.79 Å². The SMILES string of the molecule is N=C(N)NCC(=O)Nc1ccccc1. The number of hydrogen-bond acceptors (Lipinski definition) is 2. The number of nitrogens with two attached hydrogens (primary N) is 1. The summed E-state index contributed by atoms with van der Waals surface area (Å²) >= 11 is 0. The lowest BCUT2D eigenvalue weighted by Crippen LogP contribution is -2.36. The van der Waals surface area contributed by atoms with E-state index in [1.54, 1.807) is 12.1 Å². The van der Waals surface area contributed by atoms with Crippen molar-refractivity contribution in [3.63, 3.8) is 0 Å². The minimum absolute atomic E-state index is 0.00419. The number of carbonyl (C=O) groups is 1. The Hall–Kier alpha value is -2.04. The van der Waals surface area contributed by atoms with E-state index in [0.717, 1.165) is 5.69 Å². The summed E-state index contributed by atoms with van der Waals surface area (Å²) in [4.78, 5) is 11.2. The summed E-state index contributed by atoms with van der Waals surface area (Å²) < 4.78 is 0. The fourth-order valence-electron chi connectivity index (χ4n) is 0.902. The van der Waals surface area contributed by atoms with Crippen LogP contribution in [0.3, 0.4) is 0 Å². The Bertz CT molecular complexity index is 323. The minimum atomic E-state index is -0.230. The number of hydrogen-bond donors (Lipinski definition) is 4. The number of rotatable bonds is 3. The van der Waals surface area contributed by atoms with Crippen LogP contribution in [0.15, 0.2) is 30.3 Å². The number of nitrogens with one attached hydrogen (secondary N) is 3. The standard InChI is InChI=1S/C9H12N4O/c10-9(11)12-6-8(14)13-7-4-2-1-3-5-7/h1-5H,6H2,(H,13,14)(H4,10,11,12). The van der Waals surface area contributed by atoms with Crippen LogP contribution in [-0.4, -0.2) is 18.4 Å². The smallest absolute Gasteiger partial charge is 0.243 e. The predicted octanol–water partition coefficient (Wildman–Crippen LogP) is 0.108. The molecule has 5 heteroatoms. The Balaban J connectivity index is 2.38. The molecule has 0 bridgehead atoms. The van der Waals surface area contributed by atoms with Crippen LogP contribution >= 0.6 is 0 Å². The average Bonchev–Trinajstić information content (AvgIpc) is 2.16. The summed E-state index contributed by atoms with van der Waals surface area (Å²) in [6.45, 7) is 0.00419. The van der Waals surface area contributed by atoms with E-state index in [4.69, 9.17) is 11.1 Å². The fraction of sp³-hybridized carbons (Fsp3) is 0.111. The van der Waals surface area contributed by atoms with Gasteiger partial charge in [0.25, 0.3) is 0 Å². The molecule has 0 saturated heterocycles. The molecule has 0 aliphatic carbocycles. The van der Waals surface area contributed by atoms with Gasteiger partial charge in [0, 0.05) is 5.69 Å². The van der Waals surface area contributed by atoms with Gasteiger partial charge in [0.15, 0.2) is 5.96 Å². The minimum Gasteiger partial charge on any atom is -0.370 e. The van der Waals surface area contributed by atoms with Gasteiger partial charge in [-0.15, -0.1) is 0 Å². The Morgan fingerprint density at radius 3 is 2.57 bits per heavy atom. The predicted molar refractivity (Wildman–Crippen MR) is 55.0 cm³/mol. The maximum absolute atomic E-state index is 11.2. The van der Waals surface area contributed by atoms with Crippen molar-refractivity contribution in [2.45, 2.75) is 0 Å². The van der Waals surface area contributed by atoms with Crippen molar-refractivity contribution in [2.24, 2.45) is 5.73 Å². The molecule has 0 fully saturated rings. The molecule has 0 radical (unpaired) electrons. The first-order valence-electron chi connectivity index (χ1n) is 4.11. The highest BCUT2D eigenvalue weighted by Crippen LogP contribution is 2.03. The lowest BCUT2D eigenvalue weighted by Gasteiger charge is -2.05. The second kappa shape index (κ2) is 4.86. The summed E-state index contributed by atoms with van der Waals surface area (Å²) in [7, 11) is 0. The van der Waals surface area contributed by atoms with Crippen molar-refractivity contribution >= 4 is 17.6 Å². The van der Waals surface area contributed by atoms with Gasteiger partial charge in [0.05, 0.1) is 6.54 Å². The highest BCUT2D eigenvalue weighted by Gasteiger charge is 2.00. The van der Waals surface area contributed by atoms with Gasteiger partial charge < -0.3 is 16.4 Å². The quantitative estimate of drug-likeness (QED) is 0.404. The number of anilines is 1. The highest BCUT2D eigenvalue weighted by atomic mass is 16.1. The number of amides is 1. The van der Waals surface area contributed by atoms with Crippen LogP contribution in [0, 0.1) is 5.41 Å². The van der Waals surface area contributed by atoms with Gasteiger partial charge in [-0.25, -0.2) is 0 Å². The molecular formula is C9H12N4O. The summed E-state index contributed by atoms with van der Waals surface area (Å²) in [5.41, 5.74) is 5.75. The molecule has 5 nitrogen and oxygen atoms in total. The van der Waals surface area contributed by atoms with Gasteiger partial charge in [0.2, 0.25) is 5.91 Å². The largest absolute Gasteiger partial charge is 0.370 e. The third-order valence-electron chi connectivity index (χ3n) is 1.50. The molecule has 0 saturated carbocycles. The number of carbonyl (C=O) groups excluding carboxylic acids is 1. The van der Waals surface area contributed by atoms with Crippen LogP contribution < -0.4 is 16.4 Å². The van der Waals surface area contributed by atoms with E-state index in [1.807, 2.05) is 18.2 Å². The first kappa shape index (κ1) is 10.0.